The quantitative estimate of drug-likeness (QED) is 0.846. The summed E-state index contributed by atoms with van der Waals surface area (Å²) in [5.41, 5.74) is -0.394. The van der Waals surface area contributed by atoms with Gasteiger partial charge in [-0.15, -0.1) is 0 Å². The van der Waals surface area contributed by atoms with Crippen molar-refractivity contribution in [3.63, 3.8) is 0 Å². The molecule has 5 heteroatoms. The fourth-order valence-corrected chi connectivity index (χ4v) is 5.07. The maximum Gasteiger partial charge on any atom is 0.410 e. The van der Waals surface area contributed by atoms with Gasteiger partial charge in [-0.1, -0.05) is 0 Å². The van der Waals surface area contributed by atoms with Gasteiger partial charge in [0.15, 0.2) is 0 Å². The average molecular weight is 321 g/mol. The molecule has 0 aromatic carbocycles. The van der Waals surface area contributed by atoms with Gasteiger partial charge in [0.25, 0.3) is 0 Å². The lowest BCUT2D eigenvalue weighted by atomic mass is 9.98. The van der Waals surface area contributed by atoms with Gasteiger partial charge in [0.1, 0.15) is 5.60 Å². The molecule has 4 unspecified atom stereocenters. The van der Waals surface area contributed by atoms with Crippen LogP contribution in [0.1, 0.15) is 46.5 Å². The van der Waals surface area contributed by atoms with Crippen molar-refractivity contribution in [2.75, 3.05) is 20.1 Å². The number of fused-ring (bicyclic) bond motifs is 3. The molecule has 4 fully saturated rings. The van der Waals surface area contributed by atoms with Gasteiger partial charge in [-0.3, -0.25) is 0 Å². The van der Waals surface area contributed by atoms with Crippen LogP contribution in [0, 0.1) is 11.8 Å². The molecular formula is C18H31N3O2. The molecule has 5 nitrogen and oxygen atoms in total. The van der Waals surface area contributed by atoms with E-state index in [0.717, 1.165) is 25.2 Å². The zero-order valence-corrected chi connectivity index (χ0v) is 14.9. The highest BCUT2D eigenvalue weighted by Crippen LogP contribution is 2.47. The van der Waals surface area contributed by atoms with Gasteiger partial charge >= 0.3 is 6.09 Å². The smallest absolute Gasteiger partial charge is 0.410 e. The van der Waals surface area contributed by atoms with Crippen LogP contribution in [0.2, 0.25) is 0 Å². The number of rotatable bonds is 2. The number of hydrogen-bond donors (Lipinski definition) is 1. The molecule has 23 heavy (non-hydrogen) atoms. The van der Waals surface area contributed by atoms with Crippen molar-refractivity contribution in [3.05, 3.63) is 0 Å². The molecule has 1 saturated carbocycles. The summed E-state index contributed by atoms with van der Waals surface area (Å²) >= 11 is 0. The van der Waals surface area contributed by atoms with E-state index in [-0.39, 0.29) is 6.09 Å². The molecule has 0 spiro atoms. The monoisotopic (exact) mass is 321 g/mol. The van der Waals surface area contributed by atoms with Crippen molar-refractivity contribution < 1.29 is 9.53 Å². The molecule has 130 valence electrons. The summed E-state index contributed by atoms with van der Waals surface area (Å²) in [6.45, 7) is 7.54. The van der Waals surface area contributed by atoms with Crippen molar-refractivity contribution in [3.8, 4) is 0 Å². The van der Waals surface area contributed by atoms with Crippen LogP contribution < -0.4 is 5.32 Å². The maximum atomic E-state index is 12.1. The minimum absolute atomic E-state index is 0.138. The number of piperidine rings is 2. The number of nitrogens with one attached hydrogen (secondary N) is 1. The predicted octanol–water partition coefficient (Wildman–Crippen LogP) is 2.07. The van der Waals surface area contributed by atoms with Gasteiger partial charge in [-0.25, -0.2) is 4.79 Å². The van der Waals surface area contributed by atoms with Gasteiger partial charge in [0.2, 0.25) is 0 Å². The van der Waals surface area contributed by atoms with E-state index in [1.807, 2.05) is 25.7 Å². The van der Waals surface area contributed by atoms with Crippen LogP contribution in [0.15, 0.2) is 0 Å². The molecule has 4 aliphatic rings. The highest BCUT2D eigenvalue weighted by atomic mass is 16.6. The van der Waals surface area contributed by atoms with Crippen molar-refractivity contribution in [2.24, 2.45) is 11.8 Å². The van der Waals surface area contributed by atoms with E-state index < -0.39 is 5.60 Å². The molecule has 4 rings (SSSR count). The molecule has 1 N–H and O–H groups in total. The molecule has 2 bridgehead atoms. The van der Waals surface area contributed by atoms with Crippen LogP contribution in [0.25, 0.3) is 0 Å². The summed E-state index contributed by atoms with van der Waals surface area (Å²) in [7, 11) is 2.29. The number of carbonyl (C=O) groups is 1. The van der Waals surface area contributed by atoms with Crippen LogP contribution >= 0.6 is 0 Å². The minimum atomic E-state index is -0.394. The highest BCUT2D eigenvalue weighted by Gasteiger charge is 2.58. The van der Waals surface area contributed by atoms with Gasteiger partial charge in [-0.2, -0.15) is 0 Å². The van der Waals surface area contributed by atoms with Crippen molar-refractivity contribution in [1.29, 1.82) is 0 Å². The van der Waals surface area contributed by atoms with Gasteiger partial charge < -0.3 is 19.9 Å². The van der Waals surface area contributed by atoms with E-state index in [0.29, 0.717) is 23.9 Å². The third kappa shape index (κ3) is 2.98. The first-order chi connectivity index (χ1) is 10.8. The molecule has 3 aliphatic heterocycles. The Morgan fingerprint density at radius 1 is 1.09 bits per heavy atom. The first-order valence-corrected chi connectivity index (χ1v) is 9.28. The second-order valence-electron chi connectivity index (χ2n) is 9.12. The van der Waals surface area contributed by atoms with Gasteiger partial charge in [0.05, 0.1) is 0 Å². The number of ether oxygens (including phenoxy) is 1. The highest BCUT2D eigenvalue weighted by molar-refractivity contribution is 5.69. The summed E-state index contributed by atoms with van der Waals surface area (Å²) in [4.78, 5) is 16.6. The normalized spacial score (nSPS) is 42.7. The Bertz CT molecular complexity index is 463. The molecule has 0 aromatic heterocycles. The number of likely N-dealkylation sites (tertiary alicyclic amines) is 1. The molecule has 0 radical (unpaired) electrons. The lowest BCUT2D eigenvalue weighted by molar-refractivity contribution is 0.0267. The maximum absolute atomic E-state index is 12.1. The molecule has 0 aromatic rings. The van der Waals surface area contributed by atoms with Crippen LogP contribution in [0.4, 0.5) is 4.79 Å². The van der Waals surface area contributed by atoms with Crippen LogP contribution in [-0.2, 0) is 4.74 Å². The standard InChI is InChI=1S/C18H31N3O2/c1-18(2,3)23-17(22)21-9-14-15(10-21)16(14)19-11-7-12-5-6-13(8-11)20(12)4/h11-16,19H,5-10H2,1-4H3. The van der Waals surface area contributed by atoms with E-state index in [9.17, 15) is 4.79 Å². The molecule has 4 atom stereocenters. The second kappa shape index (κ2) is 5.35. The Hall–Kier alpha value is -0.810. The molecule has 3 heterocycles. The van der Waals surface area contributed by atoms with Crippen molar-refractivity contribution in [1.82, 2.24) is 15.1 Å². The lowest BCUT2D eigenvalue weighted by Crippen LogP contribution is -2.49. The number of amides is 1. The third-order valence-corrected chi connectivity index (χ3v) is 6.37. The number of hydrogen-bond acceptors (Lipinski definition) is 4. The second-order valence-corrected chi connectivity index (χ2v) is 9.12. The predicted molar refractivity (Wildman–Crippen MR) is 89.3 cm³/mol. The summed E-state index contributed by atoms with van der Waals surface area (Å²) in [6, 6.07) is 2.92. The van der Waals surface area contributed by atoms with Crippen molar-refractivity contribution in [2.45, 2.75) is 76.2 Å². The molecule has 3 saturated heterocycles. The Kier molecular flexibility index (Phi) is 3.65. The van der Waals surface area contributed by atoms with E-state index in [2.05, 4.69) is 17.3 Å². The Morgan fingerprint density at radius 3 is 2.17 bits per heavy atom. The minimum Gasteiger partial charge on any atom is -0.444 e. The Morgan fingerprint density at radius 2 is 1.65 bits per heavy atom. The molecule has 1 amide bonds. The fraction of sp³-hybridized carbons (Fsp3) is 0.944. The van der Waals surface area contributed by atoms with Gasteiger partial charge in [-0.05, 0) is 65.3 Å². The summed E-state index contributed by atoms with van der Waals surface area (Å²) in [5.74, 6) is 1.31. The first-order valence-electron chi connectivity index (χ1n) is 9.28. The number of carbonyl (C=O) groups excluding carboxylic acids is 1. The molecule has 1 aliphatic carbocycles. The van der Waals surface area contributed by atoms with E-state index >= 15 is 0 Å². The van der Waals surface area contributed by atoms with E-state index in [1.165, 1.54) is 25.7 Å². The van der Waals surface area contributed by atoms with E-state index in [1.54, 1.807) is 0 Å². The molecular weight excluding hydrogens is 290 g/mol. The SMILES string of the molecule is CN1C2CCC1CC(NC1C3CN(C(=O)OC(C)(C)C)CC31)C2. The number of nitrogens with zero attached hydrogens (tertiary/aromatic N) is 2. The average Bonchev–Trinajstić information content (AvgIpc) is 2.77. The van der Waals surface area contributed by atoms with Crippen LogP contribution in [-0.4, -0.2) is 65.8 Å². The summed E-state index contributed by atoms with van der Waals surface area (Å²) in [5, 5.41) is 3.92. The summed E-state index contributed by atoms with van der Waals surface area (Å²) < 4.78 is 5.48. The Balaban J connectivity index is 1.25. The van der Waals surface area contributed by atoms with Crippen molar-refractivity contribution >= 4 is 6.09 Å². The summed E-state index contributed by atoms with van der Waals surface area (Å²) in [6.07, 6.45) is 5.23. The van der Waals surface area contributed by atoms with E-state index in [4.69, 9.17) is 4.74 Å². The largest absolute Gasteiger partial charge is 0.444 e. The lowest BCUT2D eigenvalue weighted by Gasteiger charge is -2.37. The zero-order chi connectivity index (χ0) is 16.4. The zero-order valence-electron chi connectivity index (χ0n) is 14.9. The van der Waals surface area contributed by atoms with Gasteiger partial charge in [0, 0.05) is 37.3 Å². The third-order valence-electron chi connectivity index (χ3n) is 6.37. The topological polar surface area (TPSA) is 44.8 Å². The fourth-order valence-electron chi connectivity index (χ4n) is 5.07. The first kappa shape index (κ1) is 15.7. The Labute approximate surface area is 139 Å². The van der Waals surface area contributed by atoms with Crippen LogP contribution in [0.3, 0.4) is 0 Å². The van der Waals surface area contributed by atoms with Crippen LogP contribution in [0.5, 0.6) is 0 Å².